The van der Waals surface area contributed by atoms with Crippen molar-refractivity contribution >= 4 is 29.4 Å². The number of hydrogen-bond donors (Lipinski definition) is 2. The maximum absolute atomic E-state index is 13.3. The molecule has 5 rings (SSSR count). The van der Waals surface area contributed by atoms with Crippen LogP contribution in [0.5, 0.6) is 5.75 Å². The number of hydrogen-bond acceptors (Lipinski definition) is 9. The number of fused-ring (bicyclic) bond motifs is 4. The largest absolute Gasteiger partial charge is 0.488 e. The number of carbonyl (C=O) groups excluding carboxylic acids is 2. The minimum absolute atomic E-state index is 0.0235. The number of aromatic nitrogens is 3. The Hall–Kier alpha value is -3.51. The van der Waals surface area contributed by atoms with Gasteiger partial charge in [-0.15, -0.1) is 0 Å². The van der Waals surface area contributed by atoms with Crippen LogP contribution in [0.15, 0.2) is 24.5 Å². The number of anilines is 3. The molecule has 2 aromatic heterocycles. The predicted octanol–water partition coefficient (Wildman–Crippen LogP) is 2.17. The molecule has 0 spiro atoms. The molecule has 0 radical (unpaired) electrons. The van der Waals surface area contributed by atoms with E-state index < -0.39 is 11.8 Å². The first kappa shape index (κ1) is 24.2. The summed E-state index contributed by atoms with van der Waals surface area (Å²) in [6.45, 7) is 9.76. The van der Waals surface area contributed by atoms with Gasteiger partial charge in [0.25, 0.3) is 5.91 Å². The van der Waals surface area contributed by atoms with Crippen LogP contribution < -0.4 is 25.2 Å². The summed E-state index contributed by atoms with van der Waals surface area (Å²) >= 11 is 0. The first-order valence-corrected chi connectivity index (χ1v) is 12.1. The lowest BCUT2D eigenvalue weighted by Crippen LogP contribution is -2.48. The fourth-order valence-corrected chi connectivity index (χ4v) is 4.58. The summed E-state index contributed by atoms with van der Waals surface area (Å²) in [5, 5.41) is 5.60. The zero-order valence-corrected chi connectivity index (χ0v) is 20.9. The number of nitrogens with zero attached hydrogens (tertiary/aromatic N) is 5. The molecule has 0 aliphatic carbocycles. The molecule has 2 fully saturated rings. The standard InChI is InChI=1S/C24H31N7O5/c1-14(2)27-21(32)18-5-6-19-20(28-18)31(15-7-8-30(19)11-15)23(33)29-22-25-9-16(10-26-22)34-12-17-13-35-24(3,4)36-17/h5-6,9-10,14-15,17H,7-8,11-13H2,1-4H3,(H,27,32)(H,25,26,29,33)/t15-,17-/m0/s1. The van der Waals surface area contributed by atoms with Crippen LogP contribution in [-0.2, 0) is 9.47 Å². The van der Waals surface area contributed by atoms with Gasteiger partial charge in [-0.3, -0.25) is 15.0 Å². The average molecular weight is 498 g/mol. The molecule has 12 nitrogen and oxygen atoms in total. The van der Waals surface area contributed by atoms with Gasteiger partial charge < -0.3 is 24.4 Å². The minimum atomic E-state index is -0.615. The molecule has 3 amide bonds. The van der Waals surface area contributed by atoms with Gasteiger partial charge in [0.1, 0.15) is 18.4 Å². The molecular weight excluding hydrogens is 466 g/mol. The lowest BCUT2D eigenvalue weighted by atomic mass is 10.1. The zero-order valence-electron chi connectivity index (χ0n) is 20.9. The molecule has 2 aromatic rings. The highest BCUT2D eigenvalue weighted by Gasteiger charge is 2.41. The number of pyridine rings is 1. The molecule has 2 saturated heterocycles. The van der Waals surface area contributed by atoms with E-state index in [-0.39, 0.29) is 35.7 Å². The van der Waals surface area contributed by atoms with Crippen LogP contribution in [0.1, 0.15) is 44.6 Å². The first-order valence-electron chi connectivity index (χ1n) is 12.1. The third-order valence-corrected chi connectivity index (χ3v) is 6.17. The molecule has 36 heavy (non-hydrogen) atoms. The quantitative estimate of drug-likeness (QED) is 0.616. The molecular formula is C24H31N7O5. The van der Waals surface area contributed by atoms with E-state index in [1.807, 2.05) is 33.8 Å². The molecule has 0 unspecified atom stereocenters. The van der Waals surface area contributed by atoms with Gasteiger partial charge in [-0.25, -0.2) is 19.7 Å². The number of nitrogens with one attached hydrogen (secondary N) is 2. The zero-order chi connectivity index (χ0) is 25.4. The number of urea groups is 1. The average Bonchev–Trinajstić information content (AvgIpc) is 3.41. The molecule has 192 valence electrons. The monoisotopic (exact) mass is 497 g/mol. The Balaban J connectivity index is 1.27. The molecule has 0 saturated carbocycles. The van der Waals surface area contributed by atoms with Crippen molar-refractivity contribution in [3.05, 3.63) is 30.2 Å². The van der Waals surface area contributed by atoms with Gasteiger partial charge >= 0.3 is 6.03 Å². The lowest BCUT2D eigenvalue weighted by Gasteiger charge is -2.35. The van der Waals surface area contributed by atoms with Crippen LogP contribution in [0.4, 0.5) is 22.2 Å². The van der Waals surface area contributed by atoms with Crippen LogP contribution in [-0.4, -0.2) is 77.2 Å². The SMILES string of the molecule is CC(C)NC(=O)c1ccc2c(n1)N(C(=O)Nc1ncc(OC[C@H]3COC(C)(C)O3)cn1)[C@H]1CCN2C1. The van der Waals surface area contributed by atoms with Crippen molar-refractivity contribution in [3.8, 4) is 5.75 Å². The van der Waals surface area contributed by atoms with E-state index in [2.05, 4.69) is 30.5 Å². The normalized spacial score (nSPS) is 21.9. The molecule has 2 N–H and O–H groups in total. The maximum Gasteiger partial charge on any atom is 0.330 e. The van der Waals surface area contributed by atoms with Crippen molar-refractivity contribution in [1.29, 1.82) is 0 Å². The number of rotatable bonds is 6. The molecule has 0 aromatic carbocycles. The summed E-state index contributed by atoms with van der Waals surface area (Å²) in [5.41, 5.74) is 1.09. The summed E-state index contributed by atoms with van der Waals surface area (Å²) < 4.78 is 17.0. The highest BCUT2D eigenvalue weighted by atomic mass is 16.7. The number of ether oxygens (including phenoxy) is 3. The Bertz CT molecular complexity index is 1140. The van der Waals surface area contributed by atoms with Gasteiger partial charge in [0.2, 0.25) is 5.95 Å². The van der Waals surface area contributed by atoms with Crippen molar-refractivity contribution in [2.45, 2.75) is 58.1 Å². The van der Waals surface area contributed by atoms with E-state index in [0.29, 0.717) is 31.3 Å². The van der Waals surface area contributed by atoms with E-state index in [4.69, 9.17) is 14.2 Å². The summed E-state index contributed by atoms with van der Waals surface area (Å²) in [7, 11) is 0. The van der Waals surface area contributed by atoms with Crippen LogP contribution in [0.3, 0.4) is 0 Å². The van der Waals surface area contributed by atoms with Crippen LogP contribution in [0, 0.1) is 0 Å². The smallest absolute Gasteiger partial charge is 0.330 e. The number of amides is 3. The Kier molecular flexibility index (Phi) is 6.39. The molecule has 3 aliphatic rings. The molecule has 5 heterocycles. The van der Waals surface area contributed by atoms with Gasteiger partial charge in [0.05, 0.1) is 30.7 Å². The van der Waals surface area contributed by atoms with Crippen molar-refractivity contribution in [1.82, 2.24) is 20.3 Å². The summed E-state index contributed by atoms with van der Waals surface area (Å²) in [4.78, 5) is 42.7. The van der Waals surface area contributed by atoms with Crippen molar-refractivity contribution in [2.24, 2.45) is 0 Å². The lowest BCUT2D eigenvalue weighted by molar-refractivity contribution is -0.141. The maximum atomic E-state index is 13.3. The van der Waals surface area contributed by atoms with Crippen LogP contribution in [0.25, 0.3) is 0 Å². The molecule has 12 heteroatoms. The second kappa shape index (κ2) is 9.51. The van der Waals surface area contributed by atoms with Gasteiger partial charge in [-0.1, -0.05) is 0 Å². The summed E-state index contributed by atoms with van der Waals surface area (Å²) in [6, 6.07) is 3.06. The highest BCUT2D eigenvalue weighted by Crippen LogP contribution is 2.39. The van der Waals surface area contributed by atoms with E-state index in [1.165, 1.54) is 12.4 Å². The number of carbonyl (C=O) groups is 2. The second-order valence-corrected chi connectivity index (χ2v) is 9.86. The van der Waals surface area contributed by atoms with Crippen LogP contribution >= 0.6 is 0 Å². The Labute approximate surface area is 209 Å². The van der Waals surface area contributed by atoms with Crippen molar-refractivity contribution in [2.75, 3.05) is 41.4 Å². The van der Waals surface area contributed by atoms with Crippen molar-refractivity contribution < 1.29 is 23.8 Å². The Morgan fingerprint density at radius 1 is 1.25 bits per heavy atom. The predicted molar refractivity (Wildman–Crippen MR) is 131 cm³/mol. The third-order valence-electron chi connectivity index (χ3n) is 6.17. The van der Waals surface area contributed by atoms with E-state index in [1.54, 1.807) is 11.0 Å². The van der Waals surface area contributed by atoms with Gasteiger partial charge in [0, 0.05) is 19.1 Å². The minimum Gasteiger partial charge on any atom is -0.488 e. The molecule has 3 aliphatic heterocycles. The topological polar surface area (TPSA) is 131 Å². The van der Waals surface area contributed by atoms with Gasteiger partial charge in [-0.2, -0.15) is 0 Å². The van der Waals surface area contributed by atoms with Crippen molar-refractivity contribution in [3.63, 3.8) is 0 Å². The fourth-order valence-electron chi connectivity index (χ4n) is 4.58. The Morgan fingerprint density at radius 2 is 2.03 bits per heavy atom. The molecule has 2 atom stereocenters. The van der Waals surface area contributed by atoms with E-state index in [9.17, 15) is 9.59 Å². The molecule has 2 bridgehead atoms. The second-order valence-electron chi connectivity index (χ2n) is 9.86. The van der Waals surface area contributed by atoms with Gasteiger partial charge in [-0.05, 0) is 46.2 Å². The van der Waals surface area contributed by atoms with Crippen LogP contribution in [0.2, 0.25) is 0 Å². The first-order chi connectivity index (χ1) is 17.2. The summed E-state index contributed by atoms with van der Waals surface area (Å²) in [6.07, 6.45) is 3.62. The fraction of sp³-hybridized carbons (Fsp3) is 0.542. The Morgan fingerprint density at radius 3 is 2.72 bits per heavy atom. The van der Waals surface area contributed by atoms with Gasteiger partial charge in [0.15, 0.2) is 17.4 Å². The van der Waals surface area contributed by atoms with E-state index in [0.717, 1.165) is 18.7 Å². The van der Waals surface area contributed by atoms with E-state index >= 15 is 0 Å². The summed E-state index contributed by atoms with van der Waals surface area (Å²) in [5.74, 6) is 0.163. The third kappa shape index (κ3) is 5.05. The highest BCUT2D eigenvalue weighted by molar-refractivity contribution is 6.04.